The van der Waals surface area contributed by atoms with E-state index in [-0.39, 0.29) is 17.5 Å². The number of urea groups is 1. The monoisotopic (exact) mass is 316 g/mol. The number of carbonyl (C=O) groups excluding carboxylic acids is 1. The van der Waals surface area contributed by atoms with E-state index in [1.165, 1.54) is 16.7 Å². The van der Waals surface area contributed by atoms with Crippen molar-refractivity contribution in [3.05, 3.63) is 35.4 Å². The molecule has 0 aliphatic carbocycles. The van der Waals surface area contributed by atoms with Gasteiger partial charge < -0.3 is 10.4 Å². The Balaban J connectivity index is 2.04. The lowest BCUT2D eigenvalue weighted by atomic mass is 10.2. The molecule has 1 fully saturated rings. The Kier molecular flexibility index (Phi) is 4.66. The van der Waals surface area contributed by atoms with Gasteiger partial charge in [-0.15, -0.1) is 11.8 Å². The van der Waals surface area contributed by atoms with Crippen molar-refractivity contribution in [1.29, 1.82) is 0 Å². The van der Waals surface area contributed by atoms with Crippen LogP contribution in [0.5, 0.6) is 0 Å². The van der Waals surface area contributed by atoms with Gasteiger partial charge in [-0.2, -0.15) is 0 Å². The zero-order valence-electron chi connectivity index (χ0n) is 11.2. The van der Waals surface area contributed by atoms with Crippen molar-refractivity contribution in [3.8, 4) is 0 Å². The van der Waals surface area contributed by atoms with Gasteiger partial charge in [0.15, 0.2) is 0 Å². The first-order chi connectivity index (χ1) is 9.90. The molecule has 2 unspecified atom stereocenters. The number of hydrogen-bond donors (Lipinski definition) is 2. The number of amides is 2. The van der Waals surface area contributed by atoms with Crippen LogP contribution in [0, 0.1) is 11.6 Å². The minimum atomic E-state index is -1.08. The first kappa shape index (κ1) is 15.6. The van der Waals surface area contributed by atoms with Crippen LogP contribution in [0.25, 0.3) is 0 Å². The first-order valence-corrected chi connectivity index (χ1v) is 7.29. The van der Waals surface area contributed by atoms with Crippen LogP contribution in [0.1, 0.15) is 12.5 Å². The molecule has 2 N–H and O–H groups in total. The Morgan fingerprint density at radius 3 is 2.86 bits per heavy atom. The van der Waals surface area contributed by atoms with Crippen molar-refractivity contribution >= 4 is 23.8 Å². The number of nitrogens with zero attached hydrogens (tertiary/aromatic N) is 1. The molecule has 2 atom stereocenters. The zero-order chi connectivity index (χ0) is 15.6. The van der Waals surface area contributed by atoms with Crippen LogP contribution in [-0.4, -0.2) is 39.2 Å². The van der Waals surface area contributed by atoms with Gasteiger partial charge in [0.25, 0.3) is 0 Å². The van der Waals surface area contributed by atoms with E-state index in [1.54, 1.807) is 6.92 Å². The minimum absolute atomic E-state index is 0.00901. The normalized spacial score (nSPS) is 21.4. The lowest BCUT2D eigenvalue weighted by molar-refractivity contribution is -0.141. The van der Waals surface area contributed by atoms with Gasteiger partial charge in [-0.25, -0.2) is 18.4 Å². The summed E-state index contributed by atoms with van der Waals surface area (Å²) in [5.41, 5.74) is 0.00901. The van der Waals surface area contributed by atoms with E-state index >= 15 is 0 Å². The molecule has 0 saturated carbocycles. The molecule has 1 aliphatic rings. The second-order valence-electron chi connectivity index (χ2n) is 4.59. The Morgan fingerprint density at radius 2 is 2.19 bits per heavy atom. The number of benzene rings is 1. The summed E-state index contributed by atoms with van der Waals surface area (Å²) in [6.07, 6.45) is 0. The van der Waals surface area contributed by atoms with Gasteiger partial charge in [-0.1, -0.05) is 0 Å². The van der Waals surface area contributed by atoms with Crippen LogP contribution in [0.15, 0.2) is 18.2 Å². The average molecular weight is 316 g/mol. The second-order valence-corrected chi connectivity index (χ2v) is 5.94. The number of nitrogens with one attached hydrogen (secondary N) is 1. The topological polar surface area (TPSA) is 69.6 Å². The van der Waals surface area contributed by atoms with Gasteiger partial charge in [0.05, 0.1) is 5.37 Å². The summed E-state index contributed by atoms with van der Waals surface area (Å²) < 4.78 is 26.5. The van der Waals surface area contributed by atoms with Gasteiger partial charge in [0, 0.05) is 17.9 Å². The number of carboxylic acids is 1. The molecule has 0 aromatic heterocycles. The highest BCUT2D eigenvalue weighted by Gasteiger charge is 2.39. The van der Waals surface area contributed by atoms with Crippen LogP contribution in [0.2, 0.25) is 0 Å². The summed E-state index contributed by atoms with van der Waals surface area (Å²) in [7, 11) is 0. The summed E-state index contributed by atoms with van der Waals surface area (Å²) in [6.45, 7) is 1.51. The molecule has 2 amide bonds. The van der Waals surface area contributed by atoms with Crippen LogP contribution >= 0.6 is 11.8 Å². The Morgan fingerprint density at radius 1 is 1.48 bits per heavy atom. The molecule has 1 aliphatic heterocycles. The molecule has 1 aromatic carbocycles. The van der Waals surface area contributed by atoms with Crippen molar-refractivity contribution in [2.45, 2.75) is 24.9 Å². The Hall–Kier alpha value is -1.83. The highest BCUT2D eigenvalue weighted by molar-refractivity contribution is 8.00. The summed E-state index contributed by atoms with van der Waals surface area (Å²) in [6, 6.07) is 1.43. The molecule has 2 rings (SSSR count). The molecular weight excluding hydrogens is 302 g/mol. The third kappa shape index (κ3) is 3.44. The van der Waals surface area contributed by atoms with Crippen LogP contribution in [0.3, 0.4) is 0 Å². The van der Waals surface area contributed by atoms with E-state index in [2.05, 4.69) is 5.32 Å². The lowest BCUT2D eigenvalue weighted by Crippen LogP contribution is -2.49. The lowest BCUT2D eigenvalue weighted by Gasteiger charge is -2.25. The zero-order valence-corrected chi connectivity index (χ0v) is 12.0. The molecule has 0 spiro atoms. The molecule has 1 saturated heterocycles. The molecular formula is C13H14F2N2O3S. The number of rotatable bonds is 3. The predicted octanol–water partition coefficient (Wildman–Crippen LogP) is 2.02. The van der Waals surface area contributed by atoms with Crippen molar-refractivity contribution in [1.82, 2.24) is 10.2 Å². The molecule has 1 aromatic rings. The maximum absolute atomic E-state index is 13.4. The van der Waals surface area contributed by atoms with E-state index in [1.807, 2.05) is 0 Å². The quantitative estimate of drug-likeness (QED) is 0.895. The van der Waals surface area contributed by atoms with Crippen molar-refractivity contribution in [3.63, 3.8) is 0 Å². The maximum Gasteiger partial charge on any atom is 0.327 e. The minimum Gasteiger partial charge on any atom is -0.480 e. The molecule has 8 heteroatoms. The van der Waals surface area contributed by atoms with Gasteiger partial charge in [0.2, 0.25) is 0 Å². The molecule has 0 radical (unpaired) electrons. The summed E-state index contributed by atoms with van der Waals surface area (Å²) >= 11 is 1.35. The average Bonchev–Trinajstić information content (AvgIpc) is 2.81. The van der Waals surface area contributed by atoms with Crippen molar-refractivity contribution in [2.24, 2.45) is 0 Å². The third-order valence-corrected chi connectivity index (χ3v) is 4.40. The Bertz CT molecular complexity index is 570. The van der Waals surface area contributed by atoms with E-state index in [0.717, 1.165) is 18.2 Å². The SMILES string of the molecule is CC1SCC(C(=O)O)N1C(=O)NCc1cc(F)ccc1F. The fourth-order valence-corrected chi connectivity index (χ4v) is 3.25. The van der Waals surface area contributed by atoms with Crippen molar-refractivity contribution in [2.75, 3.05) is 5.75 Å². The van der Waals surface area contributed by atoms with Crippen LogP contribution in [0.4, 0.5) is 13.6 Å². The maximum atomic E-state index is 13.4. The predicted molar refractivity (Wildman–Crippen MR) is 73.8 cm³/mol. The molecule has 5 nitrogen and oxygen atoms in total. The van der Waals surface area contributed by atoms with E-state index in [4.69, 9.17) is 5.11 Å². The van der Waals surface area contributed by atoms with Crippen LogP contribution in [-0.2, 0) is 11.3 Å². The largest absolute Gasteiger partial charge is 0.480 e. The second kappa shape index (κ2) is 6.30. The summed E-state index contributed by atoms with van der Waals surface area (Å²) in [4.78, 5) is 24.4. The third-order valence-electron chi connectivity index (χ3n) is 3.18. The van der Waals surface area contributed by atoms with Crippen LogP contribution < -0.4 is 5.32 Å². The number of carbonyl (C=O) groups is 2. The number of thioether (sulfide) groups is 1. The fraction of sp³-hybridized carbons (Fsp3) is 0.385. The Labute approximate surface area is 124 Å². The standard InChI is InChI=1S/C13H14F2N2O3S/c1-7-17(11(6-21-7)12(18)19)13(20)16-5-8-4-9(14)2-3-10(8)15/h2-4,7,11H,5-6H2,1H3,(H,16,20)(H,18,19). The first-order valence-electron chi connectivity index (χ1n) is 6.24. The summed E-state index contributed by atoms with van der Waals surface area (Å²) in [5, 5.41) is 11.2. The molecule has 21 heavy (non-hydrogen) atoms. The summed E-state index contributed by atoms with van der Waals surface area (Å²) in [5.74, 6) is -2.01. The molecule has 1 heterocycles. The fourth-order valence-electron chi connectivity index (χ4n) is 2.08. The smallest absolute Gasteiger partial charge is 0.327 e. The van der Waals surface area contributed by atoms with E-state index < -0.39 is 29.7 Å². The number of halogens is 2. The van der Waals surface area contributed by atoms with E-state index in [0.29, 0.717) is 5.75 Å². The number of hydrogen-bond acceptors (Lipinski definition) is 3. The van der Waals surface area contributed by atoms with Crippen molar-refractivity contribution < 1.29 is 23.5 Å². The highest BCUT2D eigenvalue weighted by atomic mass is 32.2. The highest BCUT2D eigenvalue weighted by Crippen LogP contribution is 2.28. The van der Waals surface area contributed by atoms with Gasteiger partial charge in [-0.3, -0.25) is 4.90 Å². The van der Waals surface area contributed by atoms with Gasteiger partial charge >= 0.3 is 12.0 Å². The van der Waals surface area contributed by atoms with Gasteiger partial charge in [0.1, 0.15) is 17.7 Å². The van der Waals surface area contributed by atoms with Gasteiger partial charge in [-0.05, 0) is 25.1 Å². The number of carboxylic acid groups (broad SMARTS) is 1. The molecule has 114 valence electrons. The van der Waals surface area contributed by atoms with E-state index in [9.17, 15) is 18.4 Å². The molecule has 0 bridgehead atoms. The number of aliphatic carboxylic acids is 1.